The summed E-state index contributed by atoms with van der Waals surface area (Å²) < 4.78 is 2.67. The molecule has 19 heavy (non-hydrogen) atoms. The minimum absolute atomic E-state index is 0.312. The molecule has 0 aliphatic carbocycles. The minimum Gasteiger partial charge on any atom is -0.271 e. The van der Waals surface area contributed by atoms with Crippen molar-refractivity contribution < 1.29 is 0 Å². The van der Waals surface area contributed by atoms with Crippen LogP contribution in [0, 0.1) is 4.77 Å². The fraction of sp³-hybridized carbons (Fsp3) is 0.200. The zero-order valence-electron chi connectivity index (χ0n) is 10.9. The lowest BCUT2D eigenvalue weighted by Gasteiger charge is -2.11. The second-order valence-corrected chi connectivity index (χ2v) is 5.26. The molecular weight excluding hydrogens is 254 g/mol. The molecule has 1 heterocycles. The van der Waals surface area contributed by atoms with Crippen molar-refractivity contribution >= 4 is 23.0 Å². The predicted octanol–water partition coefficient (Wildman–Crippen LogP) is 4.21. The predicted molar refractivity (Wildman–Crippen MR) is 80.3 cm³/mol. The third-order valence-corrected chi connectivity index (χ3v) is 3.50. The highest BCUT2D eigenvalue weighted by atomic mass is 32.1. The average molecular weight is 269 g/mol. The summed E-state index contributed by atoms with van der Waals surface area (Å²) >= 11 is 5.38. The summed E-state index contributed by atoms with van der Waals surface area (Å²) in [5.74, 6) is 1.27. The van der Waals surface area contributed by atoms with Crippen molar-refractivity contribution in [2.24, 2.45) is 0 Å². The lowest BCUT2D eigenvalue weighted by Crippen LogP contribution is -2.03. The first-order valence-electron chi connectivity index (χ1n) is 6.34. The number of benzene rings is 2. The Morgan fingerprint density at radius 3 is 2.63 bits per heavy atom. The van der Waals surface area contributed by atoms with Gasteiger partial charge in [-0.3, -0.25) is 9.67 Å². The van der Waals surface area contributed by atoms with Gasteiger partial charge >= 0.3 is 0 Å². The van der Waals surface area contributed by atoms with Gasteiger partial charge in [0.2, 0.25) is 0 Å². The molecule has 1 aromatic heterocycles. The summed E-state index contributed by atoms with van der Waals surface area (Å²) in [6, 6.07) is 14.6. The third kappa shape index (κ3) is 1.98. The van der Waals surface area contributed by atoms with Crippen LogP contribution in [-0.4, -0.2) is 14.8 Å². The summed E-state index contributed by atoms with van der Waals surface area (Å²) in [6.45, 7) is 4.24. The molecule has 0 saturated heterocycles. The fourth-order valence-electron chi connectivity index (χ4n) is 2.33. The largest absolute Gasteiger partial charge is 0.271 e. The third-order valence-electron chi connectivity index (χ3n) is 3.22. The van der Waals surface area contributed by atoms with Gasteiger partial charge in [-0.2, -0.15) is 5.10 Å². The van der Waals surface area contributed by atoms with Crippen molar-refractivity contribution in [3.05, 3.63) is 53.1 Å². The van der Waals surface area contributed by atoms with Gasteiger partial charge in [-0.05, 0) is 23.7 Å². The van der Waals surface area contributed by atoms with Crippen LogP contribution in [0.25, 0.3) is 16.5 Å². The molecule has 3 nitrogen and oxygen atoms in total. The molecule has 0 fully saturated rings. The van der Waals surface area contributed by atoms with Crippen molar-refractivity contribution in [1.29, 1.82) is 0 Å². The maximum Gasteiger partial charge on any atom is 0.199 e. The van der Waals surface area contributed by atoms with Crippen LogP contribution in [-0.2, 0) is 0 Å². The van der Waals surface area contributed by atoms with Crippen molar-refractivity contribution in [1.82, 2.24) is 14.8 Å². The van der Waals surface area contributed by atoms with Crippen molar-refractivity contribution in [3.63, 3.8) is 0 Å². The van der Waals surface area contributed by atoms with E-state index in [1.807, 2.05) is 16.7 Å². The van der Waals surface area contributed by atoms with E-state index in [2.05, 4.69) is 54.4 Å². The molecule has 0 aliphatic rings. The number of nitrogens with one attached hydrogen (secondary N) is 1. The Kier molecular flexibility index (Phi) is 2.95. The number of rotatable bonds is 2. The molecule has 3 rings (SSSR count). The topological polar surface area (TPSA) is 33.6 Å². The van der Waals surface area contributed by atoms with Crippen LogP contribution in [0.3, 0.4) is 0 Å². The number of hydrogen-bond donors (Lipinski definition) is 1. The van der Waals surface area contributed by atoms with E-state index < -0.39 is 0 Å². The first-order chi connectivity index (χ1) is 9.18. The van der Waals surface area contributed by atoms with E-state index in [-0.39, 0.29) is 0 Å². The Balaban J connectivity index is 2.37. The Labute approximate surface area is 116 Å². The summed E-state index contributed by atoms with van der Waals surface area (Å²) in [7, 11) is 0. The average Bonchev–Trinajstić information content (AvgIpc) is 2.80. The van der Waals surface area contributed by atoms with Crippen LogP contribution in [0.4, 0.5) is 0 Å². The quantitative estimate of drug-likeness (QED) is 0.707. The Morgan fingerprint density at radius 1 is 1.11 bits per heavy atom. The van der Waals surface area contributed by atoms with Gasteiger partial charge in [0.1, 0.15) is 5.82 Å². The summed E-state index contributed by atoms with van der Waals surface area (Å²) in [4.78, 5) is 0. The van der Waals surface area contributed by atoms with Gasteiger partial charge in [-0.25, -0.2) is 0 Å². The van der Waals surface area contributed by atoms with Crippen molar-refractivity contribution in [2.45, 2.75) is 19.8 Å². The molecule has 0 bridgehead atoms. The fourth-order valence-corrected chi connectivity index (χ4v) is 2.57. The molecule has 2 aromatic carbocycles. The van der Waals surface area contributed by atoms with Crippen LogP contribution in [0.15, 0.2) is 42.5 Å². The van der Waals surface area contributed by atoms with Gasteiger partial charge in [0, 0.05) is 11.3 Å². The molecule has 0 saturated carbocycles. The van der Waals surface area contributed by atoms with Crippen LogP contribution in [0.5, 0.6) is 0 Å². The van der Waals surface area contributed by atoms with Gasteiger partial charge in [0.15, 0.2) is 4.77 Å². The lowest BCUT2D eigenvalue weighted by atomic mass is 10.1. The van der Waals surface area contributed by atoms with E-state index in [4.69, 9.17) is 12.2 Å². The molecule has 0 atom stereocenters. The van der Waals surface area contributed by atoms with Gasteiger partial charge in [-0.1, -0.05) is 50.2 Å². The highest BCUT2D eigenvalue weighted by molar-refractivity contribution is 7.71. The summed E-state index contributed by atoms with van der Waals surface area (Å²) in [5.41, 5.74) is 1.08. The zero-order valence-corrected chi connectivity index (χ0v) is 11.7. The first-order valence-corrected chi connectivity index (χ1v) is 6.75. The number of aromatic nitrogens is 3. The highest BCUT2D eigenvalue weighted by Gasteiger charge is 2.13. The maximum absolute atomic E-state index is 5.38. The van der Waals surface area contributed by atoms with Crippen LogP contribution >= 0.6 is 12.2 Å². The minimum atomic E-state index is 0.312. The molecule has 0 radical (unpaired) electrons. The number of nitrogens with zero attached hydrogens (tertiary/aromatic N) is 2. The molecule has 0 spiro atoms. The van der Waals surface area contributed by atoms with Gasteiger partial charge in [-0.15, -0.1) is 0 Å². The lowest BCUT2D eigenvalue weighted by molar-refractivity contribution is 0.746. The molecule has 0 unspecified atom stereocenters. The van der Waals surface area contributed by atoms with Gasteiger partial charge in [0.05, 0.1) is 5.69 Å². The van der Waals surface area contributed by atoms with E-state index in [0.29, 0.717) is 10.7 Å². The number of fused-ring (bicyclic) bond motifs is 1. The highest BCUT2D eigenvalue weighted by Crippen LogP contribution is 2.25. The number of hydrogen-bond acceptors (Lipinski definition) is 2. The second-order valence-electron chi connectivity index (χ2n) is 4.88. The van der Waals surface area contributed by atoms with E-state index >= 15 is 0 Å². The van der Waals surface area contributed by atoms with Crippen molar-refractivity contribution in [2.75, 3.05) is 0 Å². The van der Waals surface area contributed by atoms with E-state index in [1.165, 1.54) is 10.8 Å². The first kappa shape index (κ1) is 12.1. The van der Waals surface area contributed by atoms with E-state index in [0.717, 1.165) is 11.5 Å². The standard InChI is InChI=1S/C15H15N3S/c1-10(2)14-16-17-15(19)18(14)13-9-5-7-11-6-3-4-8-12(11)13/h3-10H,1-2H3,(H,17,19). The summed E-state index contributed by atoms with van der Waals surface area (Å²) in [6.07, 6.45) is 0. The monoisotopic (exact) mass is 269 g/mol. The SMILES string of the molecule is CC(C)c1n[nH]c(=S)n1-c1cccc2ccccc12. The Hall–Kier alpha value is -1.94. The molecule has 1 N–H and O–H groups in total. The summed E-state index contributed by atoms with van der Waals surface area (Å²) in [5, 5.41) is 9.63. The van der Waals surface area contributed by atoms with Crippen molar-refractivity contribution in [3.8, 4) is 5.69 Å². The Bertz CT molecular complexity index is 778. The second kappa shape index (κ2) is 4.63. The maximum atomic E-state index is 5.38. The smallest absolute Gasteiger partial charge is 0.199 e. The molecule has 0 aliphatic heterocycles. The van der Waals surface area contributed by atoms with Crippen LogP contribution in [0.2, 0.25) is 0 Å². The van der Waals surface area contributed by atoms with Crippen LogP contribution < -0.4 is 0 Å². The number of aromatic amines is 1. The Morgan fingerprint density at radius 2 is 1.84 bits per heavy atom. The molecule has 96 valence electrons. The van der Waals surface area contributed by atoms with Gasteiger partial charge < -0.3 is 0 Å². The van der Waals surface area contributed by atoms with Crippen LogP contribution in [0.1, 0.15) is 25.6 Å². The van der Waals surface area contributed by atoms with E-state index in [9.17, 15) is 0 Å². The normalized spacial score (nSPS) is 11.3. The number of H-pyrrole nitrogens is 1. The van der Waals surface area contributed by atoms with Gasteiger partial charge in [0.25, 0.3) is 0 Å². The zero-order chi connectivity index (χ0) is 13.4. The molecule has 4 heteroatoms. The molecule has 3 aromatic rings. The van der Waals surface area contributed by atoms with E-state index in [1.54, 1.807) is 0 Å². The molecular formula is C15H15N3S. The molecule has 0 amide bonds.